The number of aliphatic carboxylic acids is 1. The third-order valence-electron chi connectivity index (χ3n) is 2.31. The smallest absolute Gasteiger partial charge is 0.421 e. The average Bonchev–Trinajstić information content (AvgIpc) is 2.44. The van der Waals surface area contributed by atoms with Crippen LogP contribution in [0, 0.1) is 0 Å². The summed E-state index contributed by atoms with van der Waals surface area (Å²) < 4.78 is 49.8. The van der Waals surface area contributed by atoms with Crippen LogP contribution in [0.4, 0.5) is 17.6 Å². The Kier molecular flexibility index (Phi) is 3.61. The Morgan fingerprint density at radius 2 is 1.94 bits per heavy atom. The molecule has 1 aliphatic heterocycles. The molecule has 0 amide bonds. The van der Waals surface area contributed by atoms with Gasteiger partial charge < -0.3 is 5.11 Å². The summed E-state index contributed by atoms with van der Waals surface area (Å²) >= 11 is 0. The predicted octanol–water partition coefficient (Wildman–Crippen LogP) is 3.51. The molecule has 0 radical (unpaired) electrons. The minimum Gasteiger partial charge on any atom is -0.481 e. The van der Waals surface area contributed by atoms with Crippen LogP contribution < -0.4 is 0 Å². The molecule has 1 heterocycles. The van der Waals surface area contributed by atoms with E-state index in [-0.39, 0.29) is 0 Å². The lowest BCUT2D eigenvalue weighted by Crippen LogP contribution is -2.27. The summed E-state index contributed by atoms with van der Waals surface area (Å²) in [5, 5.41) is 9.55. The van der Waals surface area contributed by atoms with Crippen molar-refractivity contribution in [1.29, 1.82) is 0 Å². The van der Waals surface area contributed by atoms with Crippen LogP contribution in [0.5, 0.6) is 0 Å². The number of allylic oxidation sites excluding steroid dienone is 3. The molecule has 1 N–H and O–H groups in total. The first-order chi connectivity index (χ1) is 7.54. The van der Waals surface area contributed by atoms with Crippen LogP contribution in [0.3, 0.4) is 0 Å². The fourth-order valence-electron chi connectivity index (χ4n) is 1.60. The number of hydrogen-bond acceptors (Lipinski definition) is 1. The topological polar surface area (TPSA) is 37.3 Å². The molecule has 98 valence electrons. The molecule has 1 aliphatic rings. The number of hydrogen-bond donors (Lipinski definition) is 2. The van der Waals surface area contributed by atoms with Crippen LogP contribution in [0.15, 0.2) is 22.2 Å². The summed E-state index contributed by atoms with van der Waals surface area (Å²) in [6.07, 6.45) is -4.60. The van der Waals surface area contributed by atoms with Crippen LogP contribution in [0.25, 0.3) is 0 Å². The lowest BCUT2D eigenvalue weighted by molar-refractivity contribution is -0.137. The number of thiol groups is 1. The zero-order chi connectivity index (χ0) is 13.4. The quantitative estimate of drug-likeness (QED) is 0.609. The van der Waals surface area contributed by atoms with E-state index in [2.05, 4.69) is 0 Å². The summed E-state index contributed by atoms with van der Waals surface area (Å²) in [5.41, 5.74) is 0. The van der Waals surface area contributed by atoms with Crippen molar-refractivity contribution in [3.8, 4) is 0 Å². The molecule has 0 saturated heterocycles. The van der Waals surface area contributed by atoms with Crippen molar-refractivity contribution in [2.24, 2.45) is 0 Å². The Morgan fingerprint density at radius 1 is 1.41 bits per heavy atom. The number of rotatable bonds is 3. The largest absolute Gasteiger partial charge is 0.481 e. The number of carboxylic acid groups (broad SMARTS) is 1. The standard InChI is InChI=1S/C10H12F4O2S/c1-9(2,4-8(15)16)17-5-6(11)3-7(17)10(12,13)14/h3,5,17H,4H2,1-2H3,(H,15,16). The van der Waals surface area contributed by atoms with Gasteiger partial charge in [-0.15, -0.1) is 0 Å². The zero-order valence-electron chi connectivity index (χ0n) is 9.18. The third-order valence-corrected chi connectivity index (χ3v) is 5.18. The Labute approximate surface area is 98.3 Å². The maximum atomic E-state index is 13.0. The predicted molar refractivity (Wildman–Crippen MR) is 58.6 cm³/mol. The first-order valence-corrected chi connectivity index (χ1v) is 6.12. The second-order valence-corrected chi connectivity index (χ2v) is 6.98. The minimum absolute atomic E-state index is 0.435. The zero-order valence-corrected chi connectivity index (χ0v) is 10.1. The summed E-state index contributed by atoms with van der Waals surface area (Å²) in [6.45, 7) is 2.81. The van der Waals surface area contributed by atoms with Gasteiger partial charge in [0, 0.05) is 4.75 Å². The van der Waals surface area contributed by atoms with E-state index in [9.17, 15) is 22.4 Å². The Morgan fingerprint density at radius 3 is 2.35 bits per heavy atom. The highest BCUT2D eigenvalue weighted by Crippen LogP contribution is 2.59. The summed E-state index contributed by atoms with van der Waals surface area (Å²) in [7, 11) is -1.99. The van der Waals surface area contributed by atoms with Crippen molar-refractivity contribution in [1.82, 2.24) is 0 Å². The highest BCUT2D eigenvalue weighted by molar-refractivity contribution is 8.24. The molecule has 0 spiro atoms. The molecule has 1 unspecified atom stereocenters. The normalized spacial score (nSPS) is 23.3. The second-order valence-electron chi connectivity index (χ2n) is 4.29. The van der Waals surface area contributed by atoms with Crippen molar-refractivity contribution in [3.05, 3.63) is 22.2 Å². The van der Waals surface area contributed by atoms with Gasteiger partial charge in [0.15, 0.2) is 0 Å². The number of alkyl halides is 3. The highest BCUT2D eigenvalue weighted by Gasteiger charge is 2.45. The van der Waals surface area contributed by atoms with Gasteiger partial charge in [-0.05, 0) is 11.5 Å². The van der Waals surface area contributed by atoms with Gasteiger partial charge in [0.25, 0.3) is 0 Å². The number of halogens is 4. The Bertz CT molecular complexity index is 396. The van der Waals surface area contributed by atoms with Gasteiger partial charge in [-0.1, -0.05) is 13.8 Å². The molecule has 0 fully saturated rings. The first kappa shape index (κ1) is 14.1. The molecule has 17 heavy (non-hydrogen) atoms. The molecular weight excluding hydrogens is 260 g/mol. The third kappa shape index (κ3) is 3.24. The monoisotopic (exact) mass is 272 g/mol. The van der Waals surface area contributed by atoms with Gasteiger partial charge >= 0.3 is 12.1 Å². The van der Waals surface area contributed by atoms with E-state index in [4.69, 9.17) is 5.11 Å². The SMILES string of the molecule is CC(C)(CC(=O)O)[SH]1C=C(F)C=C1C(F)(F)F. The van der Waals surface area contributed by atoms with Gasteiger partial charge in [0.2, 0.25) is 0 Å². The fourth-order valence-corrected chi connectivity index (χ4v) is 3.91. The van der Waals surface area contributed by atoms with E-state index < -0.39 is 44.9 Å². The van der Waals surface area contributed by atoms with Crippen molar-refractivity contribution in [3.63, 3.8) is 0 Å². The van der Waals surface area contributed by atoms with Crippen LogP contribution >= 0.6 is 10.9 Å². The lowest BCUT2D eigenvalue weighted by Gasteiger charge is -2.35. The van der Waals surface area contributed by atoms with Crippen molar-refractivity contribution in [2.45, 2.75) is 31.2 Å². The maximum Gasteiger partial charge on any atom is 0.421 e. The molecule has 0 aromatic rings. The first-order valence-electron chi connectivity index (χ1n) is 4.71. The van der Waals surface area contributed by atoms with E-state index in [0.29, 0.717) is 6.08 Å². The van der Waals surface area contributed by atoms with Crippen LogP contribution in [-0.4, -0.2) is 22.0 Å². The van der Waals surface area contributed by atoms with Gasteiger partial charge in [0.1, 0.15) is 5.83 Å². The molecule has 1 rings (SSSR count). The van der Waals surface area contributed by atoms with Crippen molar-refractivity contribution >= 4 is 16.9 Å². The van der Waals surface area contributed by atoms with Gasteiger partial charge in [-0.3, -0.25) is 4.79 Å². The second kappa shape index (κ2) is 4.36. The number of carboxylic acids is 1. The number of carbonyl (C=O) groups is 1. The van der Waals surface area contributed by atoms with Gasteiger partial charge in [-0.25, -0.2) is 4.39 Å². The van der Waals surface area contributed by atoms with E-state index in [0.717, 1.165) is 5.41 Å². The molecule has 0 aliphatic carbocycles. The van der Waals surface area contributed by atoms with E-state index in [1.54, 1.807) is 0 Å². The molecule has 0 aromatic carbocycles. The molecule has 1 atom stereocenters. The highest BCUT2D eigenvalue weighted by atomic mass is 32.2. The molecule has 0 saturated carbocycles. The van der Waals surface area contributed by atoms with E-state index in [1.807, 2.05) is 0 Å². The molecule has 2 nitrogen and oxygen atoms in total. The van der Waals surface area contributed by atoms with Gasteiger partial charge in [-0.2, -0.15) is 24.1 Å². The van der Waals surface area contributed by atoms with Crippen LogP contribution in [-0.2, 0) is 4.79 Å². The lowest BCUT2D eigenvalue weighted by atomic mass is 10.1. The van der Waals surface area contributed by atoms with Crippen LogP contribution in [0.1, 0.15) is 20.3 Å². The summed E-state index contributed by atoms with van der Waals surface area (Å²) in [6, 6.07) is 0. The Hall–Kier alpha value is -0.980. The minimum atomic E-state index is -4.62. The summed E-state index contributed by atoms with van der Waals surface area (Å²) in [4.78, 5) is 9.64. The van der Waals surface area contributed by atoms with Crippen LogP contribution in [0.2, 0.25) is 0 Å². The molecule has 0 aromatic heterocycles. The maximum absolute atomic E-state index is 13.0. The average molecular weight is 272 g/mol. The van der Waals surface area contributed by atoms with Crippen molar-refractivity contribution < 1.29 is 27.5 Å². The van der Waals surface area contributed by atoms with E-state index in [1.165, 1.54) is 13.8 Å². The Balaban J connectivity index is 3.05. The summed E-state index contributed by atoms with van der Waals surface area (Å²) in [5.74, 6) is -2.14. The van der Waals surface area contributed by atoms with Gasteiger partial charge in [0.05, 0.1) is 11.3 Å². The molecule has 7 heteroatoms. The molecule has 0 bridgehead atoms. The molecular formula is C10H12F4O2S. The van der Waals surface area contributed by atoms with Crippen molar-refractivity contribution in [2.75, 3.05) is 0 Å². The fraction of sp³-hybridized carbons (Fsp3) is 0.500. The van der Waals surface area contributed by atoms with E-state index >= 15 is 0 Å².